The quantitative estimate of drug-likeness (QED) is 0.805. The van der Waals surface area contributed by atoms with Crippen LogP contribution in [0, 0.1) is 6.92 Å². The van der Waals surface area contributed by atoms with Gasteiger partial charge in [-0.3, -0.25) is 0 Å². The molecule has 1 unspecified atom stereocenters. The van der Waals surface area contributed by atoms with Crippen LogP contribution in [-0.4, -0.2) is 57.9 Å². The minimum absolute atomic E-state index is 0.605. The summed E-state index contributed by atoms with van der Waals surface area (Å²) in [6, 6.07) is 4.64. The van der Waals surface area contributed by atoms with Gasteiger partial charge in [-0.1, -0.05) is 0 Å². The molecule has 0 aromatic carbocycles. The van der Waals surface area contributed by atoms with Crippen molar-refractivity contribution in [1.29, 1.82) is 0 Å². The molecule has 0 amide bonds. The lowest BCUT2D eigenvalue weighted by Gasteiger charge is -2.36. The normalized spacial score (nSPS) is 20.4. The molecule has 0 spiro atoms. The lowest BCUT2D eigenvalue weighted by atomic mass is 10.1. The molecule has 6 heteroatoms. The van der Waals surface area contributed by atoms with E-state index in [0.29, 0.717) is 6.04 Å². The molecule has 0 N–H and O–H groups in total. The lowest BCUT2D eigenvalue weighted by molar-refractivity contribution is 0.257. The number of aromatic nitrogens is 4. The fraction of sp³-hybridized carbons (Fsp3) is 0.615. The molecule has 0 aliphatic carbocycles. The van der Waals surface area contributed by atoms with Gasteiger partial charge >= 0.3 is 0 Å². The van der Waals surface area contributed by atoms with E-state index in [1.54, 1.807) is 0 Å². The van der Waals surface area contributed by atoms with Crippen molar-refractivity contribution in [2.75, 3.05) is 32.1 Å². The number of anilines is 1. The summed E-state index contributed by atoms with van der Waals surface area (Å²) in [6.07, 6.45) is 2.47. The third-order valence-electron chi connectivity index (χ3n) is 3.86. The highest BCUT2D eigenvalue weighted by Crippen LogP contribution is 2.20. The minimum Gasteiger partial charge on any atom is -0.354 e. The van der Waals surface area contributed by atoms with Crippen LogP contribution in [0.5, 0.6) is 0 Å². The summed E-state index contributed by atoms with van der Waals surface area (Å²) in [6.45, 7) is 4.03. The average molecular weight is 260 g/mol. The first-order valence-electron chi connectivity index (χ1n) is 6.75. The number of likely N-dealkylation sites (N-methyl/N-ethyl adjacent to an activating group) is 1. The fourth-order valence-corrected chi connectivity index (χ4v) is 2.64. The van der Waals surface area contributed by atoms with Gasteiger partial charge in [0.25, 0.3) is 0 Å². The summed E-state index contributed by atoms with van der Waals surface area (Å²) in [5, 5.41) is 12.8. The monoisotopic (exact) mass is 260 g/mol. The van der Waals surface area contributed by atoms with Crippen molar-refractivity contribution in [2.45, 2.75) is 25.8 Å². The number of hydrogen-bond donors (Lipinski definition) is 0. The van der Waals surface area contributed by atoms with Crippen LogP contribution in [-0.2, 0) is 0 Å². The van der Waals surface area contributed by atoms with Crippen LogP contribution >= 0.6 is 0 Å². The summed E-state index contributed by atoms with van der Waals surface area (Å²) in [7, 11) is 4.30. The van der Waals surface area contributed by atoms with E-state index in [0.717, 1.165) is 30.4 Å². The molecule has 0 saturated carbocycles. The maximum atomic E-state index is 4.65. The Morgan fingerprint density at radius 1 is 1.26 bits per heavy atom. The first-order valence-corrected chi connectivity index (χ1v) is 6.75. The van der Waals surface area contributed by atoms with Crippen molar-refractivity contribution >= 4 is 11.5 Å². The molecule has 0 radical (unpaired) electrons. The van der Waals surface area contributed by atoms with Gasteiger partial charge in [-0.05, 0) is 46.0 Å². The third kappa shape index (κ3) is 2.28. The number of aryl methyl sites for hydroxylation is 1. The predicted molar refractivity (Wildman–Crippen MR) is 74.4 cm³/mol. The van der Waals surface area contributed by atoms with Crippen molar-refractivity contribution in [3.05, 3.63) is 18.0 Å². The van der Waals surface area contributed by atoms with Gasteiger partial charge in [0.2, 0.25) is 0 Å². The van der Waals surface area contributed by atoms with E-state index >= 15 is 0 Å². The maximum Gasteiger partial charge on any atom is 0.178 e. The Balaban J connectivity index is 1.88. The average Bonchev–Trinajstić information content (AvgIpc) is 2.80. The Bertz CT molecular complexity index is 576. The topological polar surface area (TPSA) is 49.6 Å². The summed E-state index contributed by atoms with van der Waals surface area (Å²) >= 11 is 0. The zero-order chi connectivity index (χ0) is 13.4. The molecule has 1 aliphatic rings. The molecule has 1 saturated heterocycles. The largest absolute Gasteiger partial charge is 0.354 e. The van der Waals surface area contributed by atoms with Crippen LogP contribution in [0.4, 0.5) is 5.82 Å². The van der Waals surface area contributed by atoms with Crippen molar-refractivity contribution < 1.29 is 0 Å². The van der Waals surface area contributed by atoms with E-state index in [2.05, 4.69) is 39.2 Å². The number of nitrogens with zero attached hydrogens (tertiary/aromatic N) is 6. The van der Waals surface area contributed by atoms with Crippen molar-refractivity contribution in [2.24, 2.45) is 0 Å². The number of piperidine rings is 1. The number of hydrogen-bond acceptors (Lipinski definition) is 5. The van der Waals surface area contributed by atoms with Gasteiger partial charge < -0.3 is 9.80 Å². The van der Waals surface area contributed by atoms with Crippen LogP contribution in [0.25, 0.3) is 5.65 Å². The van der Waals surface area contributed by atoms with Crippen LogP contribution < -0.4 is 4.90 Å². The highest BCUT2D eigenvalue weighted by molar-refractivity contribution is 5.46. The molecule has 19 heavy (non-hydrogen) atoms. The highest BCUT2D eigenvalue weighted by atomic mass is 15.4. The Hall–Kier alpha value is -1.69. The third-order valence-corrected chi connectivity index (χ3v) is 3.86. The lowest BCUT2D eigenvalue weighted by Crippen LogP contribution is -2.45. The zero-order valence-electron chi connectivity index (χ0n) is 11.7. The summed E-state index contributed by atoms with van der Waals surface area (Å²) in [5.74, 6) is 1.85. The predicted octanol–water partition coefficient (Wildman–Crippen LogP) is 0.963. The number of rotatable bonds is 2. The second-order valence-electron chi connectivity index (χ2n) is 5.41. The Labute approximate surface area is 113 Å². The van der Waals surface area contributed by atoms with E-state index in [1.165, 1.54) is 12.8 Å². The Morgan fingerprint density at radius 2 is 2.11 bits per heavy atom. The molecule has 6 nitrogen and oxygen atoms in total. The first kappa shape index (κ1) is 12.3. The second-order valence-corrected chi connectivity index (χ2v) is 5.41. The van der Waals surface area contributed by atoms with Crippen molar-refractivity contribution in [3.63, 3.8) is 0 Å². The van der Waals surface area contributed by atoms with Gasteiger partial charge in [0, 0.05) is 19.1 Å². The van der Waals surface area contributed by atoms with E-state index in [9.17, 15) is 0 Å². The van der Waals surface area contributed by atoms with Gasteiger partial charge in [-0.2, -0.15) is 4.52 Å². The van der Waals surface area contributed by atoms with E-state index < -0.39 is 0 Å². The van der Waals surface area contributed by atoms with Gasteiger partial charge in [-0.25, -0.2) is 0 Å². The molecule has 1 aliphatic heterocycles. The summed E-state index contributed by atoms with van der Waals surface area (Å²) in [4.78, 5) is 4.65. The summed E-state index contributed by atoms with van der Waals surface area (Å²) in [5.41, 5.74) is 0.808. The van der Waals surface area contributed by atoms with E-state index in [4.69, 9.17) is 0 Å². The van der Waals surface area contributed by atoms with Crippen LogP contribution in [0.3, 0.4) is 0 Å². The van der Waals surface area contributed by atoms with Crippen LogP contribution in [0.1, 0.15) is 18.7 Å². The minimum atomic E-state index is 0.605. The van der Waals surface area contributed by atoms with Gasteiger partial charge in [0.15, 0.2) is 11.5 Å². The van der Waals surface area contributed by atoms with E-state index in [-0.39, 0.29) is 0 Å². The molecule has 2 aromatic rings. The van der Waals surface area contributed by atoms with E-state index in [1.807, 2.05) is 23.6 Å². The molecule has 102 valence electrons. The highest BCUT2D eigenvalue weighted by Gasteiger charge is 2.22. The van der Waals surface area contributed by atoms with Crippen LogP contribution in [0.15, 0.2) is 12.1 Å². The standard InChI is InChI=1S/C13H20N6/c1-10-14-15-12-6-7-13(16-19(10)12)18-8-4-5-11(9-18)17(2)3/h6-7,11H,4-5,8-9H2,1-3H3. The molecular formula is C13H20N6. The molecule has 3 rings (SSSR count). The maximum absolute atomic E-state index is 4.65. The number of fused-ring (bicyclic) bond motifs is 1. The SMILES string of the molecule is Cc1nnc2ccc(N3CCCC(N(C)C)C3)nn12. The Morgan fingerprint density at radius 3 is 2.89 bits per heavy atom. The molecule has 1 fully saturated rings. The van der Waals surface area contributed by atoms with Gasteiger partial charge in [0.05, 0.1) is 0 Å². The molecule has 2 aromatic heterocycles. The van der Waals surface area contributed by atoms with Crippen LogP contribution in [0.2, 0.25) is 0 Å². The summed E-state index contributed by atoms with van der Waals surface area (Å²) < 4.78 is 1.81. The Kier molecular flexibility index (Phi) is 3.10. The van der Waals surface area contributed by atoms with Crippen molar-refractivity contribution in [1.82, 2.24) is 24.7 Å². The smallest absolute Gasteiger partial charge is 0.178 e. The molecule has 0 bridgehead atoms. The zero-order valence-corrected chi connectivity index (χ0v) is 11.7. The van der Waals surface area contributed by atoms with Gasteiger partial charge in [-0.15, -0.1) is 15.3 Å². The van der Waals surface area contributed by atoms with Crippen molar-refractivity contribution in [3.8, 4) is 0 Å². The molecular weight excluding hydrogens is 240 g/mol. The molecule has 1 atom stereocenters. The molecule has 3 heterocycles. The first-order chi connectivity index (χ1) is 9.15. The second kappa shape index (κ2) is 4.77. The fourth-order valence-electron chi connectivity index (χ4n) is 2.64. The van der Waals surface area contributed by atoms with Gasteiger partial charge in [0.1, 0.15) is 5.82 Å².